The van der Waals surface area contributed by atoms with Gasteiger partial charge in [-0.15, -0.1) is 0 Å². The van der Waals surface area contributed by atoms with Crippen molar-refractivity contribution in [2.45, 2.75) is 35.8 Å². The van der Waals surface area contributed by atoms with E-state index in [0.717, 1.165) is 39.7 Å². The van der Waals surface area contributed by atoms with Gasteiger partial charge < -0.3 is 9.64 Å². The number of benzene rings is 12. The highest BCUT2D eigenvalue weighted by molar-refractivity contribution is 7.99. The Morgan fingerprint density at radius 2 is 0.620 bits per heavy atom. The summed E-state index contributed by atoms with van der Waals surface area (Å²) >= 11 is 3.78. The van der Waals surface area contributed by atoms with Crippen LogP contribution in [0.3, 0.4) is 0 Å². The molecule has 0 aromatic heterocycles. The van der Waals surface area contributed by atoms with E-state index >= 15 is 0 Å². The summed E-state index contributed by atoms with van der Waals surface area (Å²) in [6, 6.07) is 103. The van der Waals surface area contributed by atoms with Crippen LogP contribution in [0.5, 0.6) is 11.5 Å². The van der Waals surface area contributed by atoms with Crippen LogP contribution in [-0.4, -0.2) is 0 Å². The van der Waals surface area contributed by atoms with Crippen molar-refractivity contribution >= 4 is 40.6 Å². The van der Waals surface area contributed by atoms with Crippen molar-refractivity contribution in [3.05, 3.63) is 340 Å². The van der Waals surface area contributed by atoms with Crippen molar-refractivity contribution in [1.82, 2.24) is 0 Å². The van der Waals surface area contributed by atoms with Gasteiger partial charge in [-0.25, -0.2) is 0 Å². The number of hydrogen-bond donors (Lipinski definition) is 0. The fourth-order valence-corrected chi connectivity index (χ4v) is 17.8. The van der Waals surface area contributed by atoms with E-state index in [9.17, 15) is 0 Å². The minimum Gasteiger partial charge on any atom is -0.457 e. The zero-order valence-corrected chi connectivity index (χ0v) is 44.3. The van der Waals surface area contributed by atoms with Crippen molar-refractivity contribution in [3.63, 3.8) is 0 Å². The molecule has 0 atom stereocenters. The molecule has 18 rings (SSSR count). The second-order valence-corrected chi connectivity index (χ2v) is 23.8. The molecule has 12 aromatic rings. The Morgan fingerprint density at radius 3 is 1.18 bits per heavy atom. The lowest BCUT2D eigenvalue weighted by molar-refractivity contribution is 0.436. The van der Waals surface area contributed by atoms with Crippen molar-refractivity contribution in [2.24, 2.45) is 0 Å². The minimum atomic E-state index is -0.648. The van der Waals surface area contributed by atoms with Crippen LogP contribution < -0.4 is 9.64 Å². The third-order valence-electron chi connectivity index (χ3n) is 18.3. The number of ether oxygens (including phenoxy) is 1. The summed E-state index contributed by atoms with van der Waals surface area (Å²) in [4.78, 5) is 7.79. The Bertz CT molecular complexity index is 4510. The number of hydrogen-bond acceptors (Lipinski definition) is 4. The van der Waals surface area contributed by atoms with Gasteiger partial charge in [-0.05, 0) is 150 Å². The highest BCUT2D eigenvalue weighted by Crippen LogP contribution is 2.68. The van der Waals surface area contributed by atoms with Crippen LogP contribution in [0, 0.1) is 0 Å². The summed E-state index contributed by atoms with van der Waals surface area (Å²) in [6.07, 6.45) is 0. The van der Waals surface area contributed by atoms with Gasteiger partial charge in [0.1, 0.15) is 11.5 Å². The minimum absolute atomic E-state index is 0.498. The van der Waals surface area contributed by atoms with E-state index in [4.69, 9.17) is 4.74 Å². The van der Waals surface area contributed by atoms with Crippen molar-refractivity contribution in [3.8, 4) is 44.9 Å². The van der Waals surface area contributed by atoms with Crippen LogP contribution in [0.1, 0.15) is 66.8 Å². The molecule has 4 heteroatoms. The van der Waals surface area contributed by atoms with Gasteiger partial charge in [-0.3, -0.25) is 0 Å². The van der Waals surface area contributed by atoms with Crippen molar-refractivity contribution in [1.29, 1.82) is 0 Å². The largest absolute Gasteiger partial charge is 0.457 e. The number of anilines is 3. The van der Waals surface area contributed by atoms with E-state index in [1.807, 2.05) is 23.5 Å². The summed E-state index contributed by atoms with van der Waals surface area (Å²) in [5.41, 5.74) is 24.5. The van der Waals surface area contributed by atoms with Gasteiger partial charge in [0.2, 0.25) is 0 Å². The van der Waals surface area contributed by atoms with Crippen molar-refractivity contribution in [2.75, 3.05) is 4.90 Å². The molecule has 6 aliphatic rings. The highest BCUT2D eigenvalue weighted by atomic mass is 32.2. The van der Waals surface area contributed by atoms with Crippen LogP contribution >= 0.6 is 23.5 Å². The summed E-state index contributed by atoms with van der Waals surface area (Å²) in [5, 5.41) is 0. The summed E-state index contributed by atoms with van der Waals surface area (Å²) in [6.45, 7) is 0. The predicted octanol–water partition coefficient (Wildman–Crippen LogP) is 19.3. The molecule has 3 aliphatic heterocycles. The molecule has 0 bridgehead atoms. The average Bonchev–Trinajstić information content (AvgIpc) is 3.51. The topological polar surface area (TPSA) is 12.5 Å². The molecule has 2 nitrogen and oxygen atoms in total. The third kappa shape index (κ3) is 5.46. The lowest BCUT2D eigenvalue weighted by Crippen LogP contribution is -2.32. The van der Waals surface area contributed by atoms with Crippen LogP contribution in [0.25, 0.3) is 33.4 Å². The molecule has 3 heterocycles. The molecule has 0 unspecified atom stereocenters. The van der Waals surface area contributed by atoms with Gasteiger partial charge in [0.05, 0.1) is 21.9 Å². The Hall–Kier alpha value is -9.06. The molecule has 12 aromatic carbocycles. The Kier molecular flexibility index (Phi) is 8.92. The lowest BCUT2D eigenvalue weighted by atomic mass is 9.66. The molecule has 0 radical (unpaired) electrons. The fraction of sp³-hybridized carbons (Fsp3) is 0.0400. The van der Waals surface area contributed by atoms with E-state index in [-0.39, 0.29) is 0 Å². The van der Waals surface area contributed by atoms with Gasteiger partial charge in [0.25, 0.3) is 0 Å². The van der Waals surface area contributed by atoms with Gasteiger partial charge in [-0.1, -0.05) is 230 Å². The second-order valence-electron chi connectivity index (χ2n) is 21.7. The summed E-state index contributed by atoms with van der Waals surface area (Å²) < 4.78 is 6.85. The zero-order chi connectivity index (χ0) is 51.6. The SMILES string of the molecule is c1ccc2c(c1)Oc1ccccc1C21c2ccccc2-c2ccc(N(c3ccc4c(c3)-c3ccccc3C43c4ccccc4Sc4ccccc43)c3cccc4c3-c3ccccc3C43c4ccccc4Sc4ccccc43)cc21. The molecule has 79 heavy (non-hydrogen) atoms. The maximum atomic E-state index is 6.85. The number of para-hydroxylation sites is 2. The molecule has 368 valence electrons. The Labute approximate surface area is 467 Å². The third-order valence-corrected chi connectivity index (χ3v) is 20.6. The van der Waals surface area contributed by atoms with Gasteiger partial charge >= 0.3 is 0 Å². The number of nitrogens with zero attached hydrogens (tertiary/aromatic N) is 1. The average molecular weight is 1040 g/mol. The second kappa shape index (κ2) is 16.0. The van der Waals surface area contributed by atoms with E-state index in [1.54, 1.807) is 0 Å². The van der Waals surface area contributed by atoms with E-state index in [0.29, 0.717) is 0 Å². The first-order valence-corrected chi connectivity index (χ1v) is 28.9. The zero-order valence-electron chi connectivity index (χ0n) is 42.7. The normalized spacial score (nSPS) is 15.4. The lowest BCUT2D eigenvalue weighted by Gasteiger charge is -2.40. The summed E-state index contributed by atoms with van der Waals surface area (Å²) in [7, 11) is 0. The molecule has 3 spiro atoms. The van der Waals surface area contributed by atoms with Crippen LogP contribution in [0.4, 0.5) is 17.1 Å². The molecular formula is C75H45NOS2. The van der Waals surface area contributed by atoms with E-state index in [1.165, 1.54) is 109 Å². The van der Waals surface area contributed by atoms with Gasteiger partial charge in [0.15, 0.2) is 0 Å². The first kappa shape index (κ1) is 44.0. The quantitative estimate of drug-likeness (QED) is 0.175. The molecular weight excluding hydrogens is 995 g/mol. The summed E-state index contributed by atoms with van der Waals surface area (Å²) in [5.74, 6) is 1.77. The van der Waals surface area contributed by atoms with Gasteiger partial charge in [-0.2, -0.15) is 0 Å². The van der Waals surface area contributed by atoms with Crippen LogP contribution in [0.2, 0.25) is 0 Å². The number of rotatable bonds is 3. The predicted molar refractivity (Wildman–Crippen MR) is 321 cm³/mol. The maximum absolute atomic E-state index is 6.85. The number of fused-ring (bicyclic) bond motifs is 27. The molecule has 0 N–H and O–H groups in total. The Balaban J connectivity index is 0.950. The standard InChI is InChI=1S/C75H45NOS2/c1-4-23-53-48(20-1)50-42-40-47(45-64(50)74(53)57-26-7-13-34-66(57)77-67-35-14-8-27-58(67)74)76(46-41-43-56-52(44-46)49-21-2-5-24-54(49)73(56)59-28-9-15-36-68(59)78-69-37-16-10-29-60(69)73)65-33-19-32-63-72(65)51-22-3-6-25-55(51)75(63)61-30-11-17-38-70(61)79-71-39-18-12-31-62(71)75/h1-45H. The maximum Gasteiger partial charge on any atom is 0.132 e. The Morgan fingerprint density at radius 1 is 0.253 bits per heavy atom. The fourth-order valence-electron chi connectivity index (χ4n) is 15.5. The molecule has 0 amide bonds. The van der Waals surface area contributed by atoms with Crippen LogP contribution in [0.15, 0.2) is 293 Å². The molecule has 3 aliphatic carbocycles. The van der Waals surface area contributed by atoms with E-state index < -0.39 is 16.2 Å². The molecule has 0 fully saturated rings. The highest BCUT2D eigenvalue weighted by Gasteiger charge is 2.54. The van der Waals surface area contributed by atoms with Crippen LogP contribution in [-0.2, 0) is 16.2 Å². The first-order chi connectivity index (χ1) is 39.2. The van der Waals surface area contributed by atoms with Gasteiger partial charge in [0, 0.05) is 47.6 Å². The van der Waals surface area contributed by atoms with E-state index in [2.05, 4.69) is 278 Å². The monoisotopic (exact) mass is 1040 g/mol. The molecule has 0 saturated heterocycles. The molecule has 0 saturated carbocycles. The van der Waals surface area contributed by atoms with Crippen molar-refractivity contribution < 1.29 is 4.74 Å². The first-order valence-electron chi connectivity index (χ1n) is 27.3. The smallest absolute Gasteiger partial charge is 0.132 e.